The van der Waals surface area contributed by atoms with Crippen LogP contribution in [0.3, 0.4) is 0 Å². The lowest BCUT2D eigenvalue weighted by Gasteiger charge is -2.33. The number of carbonyl (C=O) groups excluding carboxylic acids is 2. The first kappa shape index (κ1) is 28.9. The molecule has 0 aliphatic rings. The number of hydrogen-bond acceptors (Lipinski definition) is 6. The number of amides is 2. The average Bonchev–Trinajstić information content (AvgIpc) is 3.20. The summed E-state index contributed by atoms with van der Waals surface area (Å²) < 4.78 is 34.2. The fourth-order valence-corrected chi connectivity index (χ4v) is 5.54. The van der Waals surface area contributed by atoms with Gasteiger partial charge in [-0.25, -0.2) is 13.1 Å². The van der Waals surface area contributed by atoms with E-state index in [1.807, 2.05) is 45.0 Å². The van der Waals surface area contributed by atoms with Gasteiger partial charge in [-0.1, -0.05) is 68.4 Å². The number of likely N-dealkylation sites (N-methyl/N-ethyl adjacent to an activating group) is 1. The van der Waals surface area contributed by atoms with Gasteiger partial charge in [0.1, 0.15) is 6.04 Å². The van der Waals surface area contributed by atoms with Crippen molar-refractivity contribution in [1.82, 2.24) is 15.4 Å². The highest BCUT2D eigenvalue weighted by Crippen LogP contribution is 2.30. The Balaban J connectivity index is 1.92. The average molecular weight is 541 g/mol. The van der Waals surface area contributed by atoms with Gasteiger partial charge in [0.2, 0.25) is 17.7 Å². The van der Waals surface area contributed by atoms with Crippen LogP contribution < -0.4 is 10.0 Å². The van der Waals surface area contributed by atoms with Gasteiger partial charge in [-0.3, -0.25) is 9.59 Å². The van der Waals surface area contributed by atoms with Crippen LogP contribution in [0.15, 0.2) is 57.9 Å². The van der Waals surface area contributed by atoms with Gasteiger partial charge in [-0.2, -0.15) is 0 Å². The van der Waals surface area contributed by atoms with E-state index in [1.165, 1.54) is 6.07 Å². The Morgan fingerprint density at radius 3 is 2.26 bits per heavy atom. The van der Waals surface area contributed by atoms with Crippen LogP contribution in [0.2, 0.25) is 0 Å². The first-order valence-corrected chi connectivity index (χ1v) is 14.1. The molecule has 0 fully saturated rings. The molecule has 3 aromatic rings. The van der Waals surface area contributed by atoms with Gasteiger partial charge in [0.25, 0.3) is 10.0 Å². The summed E-state index contributed by atoms with van der Waals surface area (Å²) in [7, 11) is -2.39. The number of carbonyl (C=O) groups is 2. The molecule has 2 aromatic carbocycles. The topological polar surface area (TPSA) is 122 Å². The zero-order valence-corrected chi connectivity index (χ0v) is 23.6. The molecule has 1 aromatic heterocycles. The summed E-state index contributed by atoms with van der Waals surface area (Å²) in [5, 5.41) is 6.49. The molecule has 2 amide bonds. The normalized spacial score (nSPS) is 12.3. The Labute approximate surface area is 224 Å². The molecule has 10 heteroatoms. The summed E-state index contributed by atoms with van der Waals surface area (Å²) in [6.45, 7) is 9.50. The van der Waals surface area contributed by atoms with E-state index in [0.29, 0.717) is 35.2 Å². The zero-order chi connectivity index (χ0) is 28.0. The van der Waals surface area contributed by atoms with E-state index in [4.69, 9.17) is 4.52 Å². The van der Waals surface area contributed by atoms with Gasteiger partial charge < -0.3 is 14.7 Å². The number of aryl methyl sites for hydroxylation is 1. The summed E-state index contributed by atoms with van der Waals surface area (Å²) >= 11 is 0. The van der Waals surface area contributed by atoms with Crippen LogP contribution in [0, 0.1) is 19.8 Å². The molecule has 0 radical (unpaired) electrons. The number of nitrogens with zero attached hydrogens (tertiary/aromatic N) is 2. The molecule has 0 saturated heterocycles. The lowest BCUT2D eigenvalue weighted by molar-refractivity contribution is -0.142. The second-order valence-electron chi connectivity index (χ2n) is 9.60. The van der Waals surface area contributed by atoms with Gasteiger partial charge in [0, 0.05) is 31.1 Å². The van der Waals surface area contributed by atoms with Crippen molar-refractivity contribution in [3.8, 4) is 11.1 Å². The van der Waals surface area contributed by atoms with E-state index in [1.54, 1.807) is 44.0 Å². The molecular formula is C28H36N4O5S. The van der Waals surface area contributed by atoms with E-state index in [9.17, 15) is 18.0 Å². The number of sulfonamides is 1. The van der Waals surface area contributed by atoms with Gasteiger partial charge in [0.15, 0.2) is 0 Å². The minimum Gasteiger partial charge on any atom is -0.357 e. The maximum Gasteiger partial charge on any atom is 0.264 e. The van der Waals surface area contributed by atoms with Crippen LogP contribution in [-0.4, -0.2) is 43.4 Å². The van der Waals surface area contributed by atoms with Crippen molar-refractivity contribution in [1.29, 1.82) is 0 Å². The Hall–Kier alpha value is -3.66. The molecule has 0 aliphatic heterocycles. The summed E-state index contributed by atoms with van der Waals surface area (Å²) in [4.78, 5) is 27.4. The molecule has 2 N–H and O–H groups in total. The van der Waals surface area contributed by atoms with Crippen molar-refractivity contribution < 1.29 is 22.5 Å². The maximum absolute atomic E-state index is 13.3. The molecule has 1 heterocycles. The van der Waals surface area contributed by atoms with Gasteiger partial charge in [-0.15, -0.1) is 0 Å². The molecule has 204 valence electrons. The molecule has 0 bridgehead atoms. The second kappa shape index (κ2) is 12.3. The third-order valence-electron chi connectivity index (χ3n) is 6.45. The van der Waals surface area contributed by atoms with E-state index < -0.39 is 16.1 Å². The highest BCUT2D eigenvalue weighted by atomic mass is 32.2. The van der Waals surface area contributed by atoms with Crippen molar-refractivity contribution >= 4 is 27.7 Å². The first-order chi connectivity index (χ1) is 18.0. The molecule has 1 atom stereocenters. The quantitative estimate of drug-likeness (QED) is 0.365. The smallest absolute Gasteiger partial charge is 0.264 e. The third-order valence-corrected chi connectivity index (χ3v) is 7.83. The van der Waals surface area contributed by atoms with Gasteiger partial charge in [-0.05, 0) is 43.4 Å². The summed E-state index contributed by atoms with van der Waals surface area (Å²) in [6.07, 6.45) is 1.03. The van der Waals surface area contributed by atoms with Crippen LogP contribution in [-0.2, 0) is 26.2 Å². The number of anilines is 1. The molecule has 0 aliphatic carbocycles. The molecule has 9 nitrogen and oxygen atoms in total. The van der Waals surface area contributed by atoms with Crippen LogP contribution >= 0.6 is 0 Å². The molecular weight excluding hydrogens is 504 g/mol. The first-order valence-electron chi connectivity index (χ1n) is 12.6. The number of hydrogen-bond donors (Lipinski definition) is 2. The number of rotatable bonds is 11. The predicted octanol–water partition coefficient (Wildman–Crippen LogP) is 4.66. The molecule has 0 saturated carbocycles. The van der Waals surface area contributed by atoms with Crippen LogP contribution in [0.4, 0.5) is 5.88 Å². The summed E-state index contributed by atoms with van der Waals surface area (Å²) in [5.41, 5.74) is 3.27. The fraction of sp³-hybridized carbons (Fsp3) is 0.393. The van der Waals surface area contributed by atoms with Gasteiger partial charge in [0.05, 0.1) is 10.6 Å². The van der Waals surface area contributed by atoms with Crippen molar-refractivity contribution in [2.45, 2.75) is 64.9 Å². The van der Waals surface area contributed by atoms with E-state index in [-0.39, 0.29) is 35.1 Å². The fourth-order valence-electron chi connectivity index (χ4n) is 4.26. The largest absolute Gasteiger partial charge is 0.357 e. The maximum atomic E-state index is 13.3. The minimum atomic E-state index is -3.96. The van der Waals surface area contributed by atoms with E-state index in [2.05, 4.69) is 15.2 Å². The van der Waals surface area contributed by atoms with Crippen molar-refractivity contribution in [2.24, 2.45) is 5.92 Å². The standard InChI is InChI=1S/C28H36N4O5S/c1-7-10-25(33)32(26(18(2)3)27(34)29-6)17-21-13-15-22(16-14-21)23-11-8-9-12-24(23)38(35,36)31-28-19(4)20(5)30-37-28/h8-9,11-16,18,26,31H,7,10,17H2,1-6H3,(H,29,34)/t26-/m0/s1. The number of benzene rings is 2. The lowest BCUT2D eigenvalue weighted by Crippen LogP contribution is -2.51. The Morgan fingerprint density at radius 1 is 1.05 bits per heavy atom. The zero-order valence-electron chi connectivity index (χ0n) is 22.7. The van der Waals surface area contributed by atoms with Crippen molar-refractivity contribution in [2.75, 3.05) is 11.8 Å². The predicted molar refractivity (Wildman–Crippen MR) is 147 cm³/mol. The Bertz CT molecular complexity index is 1380. The van der Waals surface area contributed by atoms with Gasteiger partial charge >= 0.3 is 0 Å². The monoisotopic (exact) mass is 540 g/mol. The van der Waals surface area contributed by atoms with Crippen LogP contribution in [0.5, 0.6) is 0 Å². The SMILES string of the molecule is CCCC(=O)N(Cc1ccc(-c2ccccc2S(=O)(=O)Nc2onc(C)c2C)cc1)[C@H](C(=O)NC)C(C)C. The molecule has 0 unspecified atom stereocenters. The van der Waals surface area contributed by atoms with Crippen molar-refractivity contribution in [3.63, 3.8) is 0 Å². The third kappa shape index (κ3) is 6.42. The van der Waals surface area contributed by atoms with Crippen molar-refractivity contribution in [3.05, 3.63) is 65.4 Å². The Morgan fingerprint density at radius 2 is 1.71 bits per heavy atom. The lowest BCUT2D eigenvalue weighted by atomic mass is 9.99. The second-order valence-corrected chi connectivity index (χ2v) is 11.2. The molecule has 0 spiro atoms. The minimum absolute atomic E-state index is 0.0728. The number of aromatic nitrogens is 1. The van der Waals surface area contributed by atoms with E-state index in [0.717, 1.165) is 5.56 Å². The van der Waals surface area contributed by atoms with E-state index >= 15 is 0 Å². The highest BCUT2D eigenvalue weighted by molar-refractivity contribution is 7.92. The summed E-state index contributed by atoms with van der Waals surface area (Å²) in [6, 6.07) is 13.4. The summed E-state index contributed by atoms with van der Waals surface area (Å²) in [5.74, 6) is -0.277. The highest BCUT2D eigenvalue weighted by Gasteiger charge is 2.31. The Kier molecular flexibility index (Phi) is 9.32. The molecule has 38 heavy (non-hydrogen) atoms. The van der Waals surface area contributed by atoms with Crippen LogP contribution in [0.1, 0.15) is 50.4 Å². The number of nitrogens with one attached hydrogen (secondary N) is 2. The molecule has 3 rings (SSSR count). The van der Waals surface area contributed by atoms with Crippen LogP contribution in [0.25, 0.3) is 11.1 Å².